The van der Waals surface area contributed by atoms with E-state index in [4.69, 9.17) is 4.98 Å². The number of aryl methyl sites for hydroxylation is 2. The van der Waals surface area contributed by atoms with Gasteiger partial charge in [0.15, 0.2) is 0 Å². The molecule has 120 valence electrons. The summed E-state index contributed by atoms with van der Waals surface area (Å²) in [5, 5.41) is 6.10. The third-order valence-electron chi connectivity index (χ3n) is 3.54. The van der Waals surface area contributed by atoms with E-state index < -0.39 is 0 Å². The van der Waals surface area contributed by atoms with Crippen LogP contribution in [0.1, 0.15) is 10.6 Å². The lowest BCUT2D eigenvalue weighted by atomic mass is 10.1. The van der Waals surface area contributed by atoms with Crippen LogP contribution in [-0.4, -0.2) is 9.97 Å². The van der Waals surface area contributed by atoms with E-state index in [1.54, 1.807) is 46.1 Å². The van der Waals surface area contributed by atoms with Crippen molar-refractivity contribution >= 4 is 34.0 Å². The van der Waals surface area contributed by atoms with Gasteiger partial charge in [-0.25, -0.2) is 14.4 Å². The molecule has 0 amide bonds. The first-order valence-corrected chi connectivity index (χ1v) is 9.92. The normalized spacial score (nSPS) is 11.1. The summed E-state index contributed by atoms with van der Waals surface area (Å²) in [5.74, 6) is -0.238. The topological polar surface area (TPSA) is 25.8 Å². The smallest absolute Gasteiger partial charge is 0.144 e. The minimum atomic E-state index is -0.238. The molecule has 4 aromatic rings. The maximum atomic E-state index is 13.3. The zero-order valence-corrected chi connectivity index (χ0v) is 15.5. The third kappa shape index (κ3) is 2.92. The number of rotatable bonds is 3. The van der Waals surface area contributed by atoms with Crippen LogP contribution in [0.2, 0.25) is 0 Å². The van der Waals surface area contributed by atoms with Crippen molar-refractivity contribution in [2.75, 3.05) is 0 Å². The molecule has 0 bridgehead atoms. The molecule has 2 nitrogen and oxygen atoms in total. The first kappa shape index (κ1) is 15.6. The number of thiophene rings is 1. The Kier molecular flexibility index (Phi) is 4.04. The van der Waals surface area contributed by atoms with Crippen molar-refractivity contribution in [2.45, 2.75) is 13.8 Å². The Hall–Kier alpha value is -1.89. The van der Waals surface area contributed by atoms with Gasteiger partial charge in [0.05, 0.1) is 15.6 Å². The molecule has 24 heavy (non-hydrogen) atoms. The summed E-state index contributed by atoms with van der Waals surface area (Å²) in [6.07, 6.45) is 0. The zero-order valence-electron chi connectivity index (χ0n) is 13.0. The van der Waals surface area contributed by atoms with E-state index >= 15 is 0 Å². The second kappa shape index (κ2) is 6.20. The van der Waals surface area contributed by atoms with E-state index in [0.717, 1.165) is 31.8 Å². The van der Waals surface area contributed by atoms with Gasteiger partial charge in [-0.1, -0.05) is 0 Å². The number of hydrogen-bond donors (Lipinski definition) is 0. The van der Waals surface area contributed by atoms with Crippen molar-refractivity contribution in [3.63, 3.8) is 0 Å². The first-order valence-electron chi connectivity index (χ1n) is 7.35. The standard InChI is InChI=1S/C18H13FN2S3/c1-10-7-15(23-8-10)17-16(12-3-5-13(19)6-4-12)21-18(24-17)14-9-22-11(2)20-14/h3-9H,1-2H3. The van der Waals surface area contributed by atoms with E-state index in [-0.39, 0.29) is 5.82 Å². The summed E-state index contributed by atoms with van der Waals surface area (Å²) >= 11 is 4.97. The molecule has 0 saturated carbocycles. The van der Waals surface area contributed by atoms with Crippen molar-refractivity contribution in [3.8, 4) is 31.7 Å². The quantitative estimate of drug-likeness (QED) is 0.415. The number of thiazole rings is 2. The maximum Gasteiger partial charge on any atom is 0.144 e. The molecule has 3 aromatic heterocycles. The Morgan fingerprint density at radius 1 is 0.958 bits per heavy atom. The molecule has 0 fully saturated rings. The van der Waals surface area contributed by atoms with Gasteiger partial charge in [0, 0.05) is 15.8 Å². The molecule has 0 saturated heterocycles. The van der Waals surface area contributed by atoms with Gasteiger partial charge < -0.3 is 0 Å². The van der Waals surface area contributed by atoms with Gasteiger partial charge in [-0.15, -0.1) is 34.0 Å². The molecule has 0 radical (unpaired) electrons. The molecule has 0 spiro atoms. The molecule has 6 heteroatoms. The lowest BCUT2D eigenvalue weighted by Crippen LogP contribution is -1.83. The number of halogens is 1. The van der Waals surface area contributed by atoms with Gasteiger partial charge in [0.2, 0.25) is 0 Å². The Morgan fingerprint density at radius 3 is 2.38 bits per heavy atom. The van der Waals surface area contributed by atoms with E-state index in [2.05, 4.69) is 23.4 Å². The van der Waals surface area contributed by atoms with E-state index in [1.807, 2.05) is 12.3 Å². The van der Waals surface area contributed by atoms with Crippen LogP contribution in [0.25, 0.3) is 31.7 Å². The Labute approximate surface area is 151 Å². The van der Waals surface area contributed by atoms with Gasteiger partial charge in [-0.05, 0) is 55.1 Å². The fraction of sp³-hybridized carbons (Fsp3) is 0.111. The van der Waals surface area contributed by atoms with Gasteiger partial charge in [0.1, 0.15) is 16.5 Å². The molecule has 3 heterocycles. The fourth-order valence-corrected chi connectivity index (χ4v) is 5.15. The van der Waals surface area contributed by atoms with Gasteiger partial charge in [-0.3, -0.25) is 0 Å². The highest BCUT2D eigenvalue weighted by atomic mass is 32.1. The third-order valence-corrected chi connectivity index (χ3v) is 6.62. The summed E-state index contributed by atoms with van der Waals surface area (Å²) in [6, 6.07) is 8.69. The predicted octanol–water partition coefficient (Wildman–Crippen LogP) is 6.42. The second-order valence-corrected chi connectivity index (χ2v) is 8.42. The van der Waals surface area contributed by atoms with Crippen LogP contribution in [0, 0.1) is 19.7 Å². The minimum Gasteiger partial charge on any atom is -0.239 e. The van der Waals surface area contributed by atoms with Gasteiger partial charge in [0.25, 0.3) is 0 Å². The van der Waals surface area contributed by atoms with Crippen molar-refractivity contribution in [1.29, 1.82) is 0 Å². The molecule has 0 aliphatic heterocycles. The SMILES string of the molecule is Cc1csc(-c2sc(-c3csc(C)n3)nc2-c2ccc(F)cc2)c1. The monoisotopic (exact) mass is 372 g/mol. The zero-order chi connectivity index (χ0) is 16.7. The molecule has 0 unspecified atom stereocenters. The molecule has 0 N–H and O–H groups in total. The minimum absolute atomic E-state index is 0.238. The first-order chi connectivity index (χ1) is 11.6. The van der Waals surface area contributed by atoms with Crippen LogP contribution >= 0.6 is 34.0 Å². The largest absolute Gasteiger partial charge is 0.239 e. The van der Waals surface area contributed by atoms with Crippen LogP contribution in [-0.2, 0) is 0 Å². The molecule has 4 rings (SSSR count). The van der Waals surface area contributed by atoms with Crippen molar-refractivity contribution < 1.29 is 4.39 Å². The average Bonchev–Trinajstić information content (AvgIpc) is 3.27. The highest BCUT2D eigenvalue weighted by Crippen LogP contribution is 2.42. The number of benzene rings is 1. The second-order valence-electron chi connectivity index (χ2n) is 5.44. The van der Waals surface area contributed by atoms with Crippen molar-refractivity contribution in [1.82, 2.24) is 9.97 Å². The molecule has 0 aliphatic rings. The van der Waals surface area contributed by atoms with Crippen LogP contribution in [0.15, 0.2) is 41.1 Å². The van der Waals surface area contributed by atoms with E-state index in [0.29, 0.717) is 0 Å². The van der Waals surface area contributed by atoms with Crippen LogP contribution in [0.3, 0.4) is 0 Å². The summed E-state index contributed by atoms with van der Waals surface area (Å²) in [6.45, 7) is 4.08. The number of hydrogen-bond acceptors (Lipinski definition) is 5. The van der Waals surface area contributed by atoms with Gasteiger partial charge >= 0.3 is 0 Å². The molecular formula is C18H13FN2S3. The fourth-order valence-electron chi connectivity index (χ4n) is 2.41. The van der Waals surface area contributed by atoms with Crippen molar-refractivity contribution in [2.24, 2.45) is 0 Å². The Balaban J connectivity index is 1.89. The summed E-state index contributed by atoms with van der Waals surface area (Å²) in [4.78, 5) is 11.7. The molecule has 1 aromatic carbocycles. The lowest BCUT2D eigenvalue weighted by Gasteiger charge is -2.00. The number of nitrogens with zero attached hydrogens (tertiary/aromatic N) is 2. The van der Waals surface area contributed by atoms with Crippen LogP contribution < -0.4 is 0 Å². The maximum absolute atomic E-state index is 13.3. The lowest BCUT2D eigenvalue weighted by molar-refractivity contribution is 0.628. The highest BCUT2D eigenvalue weighted by Gasteiger charge is 2.18. The molecule has 0 atom stereocenters. The molecule has 0 aliphatic carbocycles. The summed E-state index contributed by atoms with van der Waals surface area (Å²) in [7, 11) is 0. The number of aromatic nitrogens is 2. The van der Waals surface area contributed by atoms with E-state index in [9.17, 15) is 4.39 Å². The summed E-state index contributed by atoms with van der Waals surface area (Å²) < 4.78 is 13.3. The van der Waals surface area contributed by atoms with Crippen LogP contribution in [0.4, 0.5) is 4.39 Å². The van der Waals surface area contributed by atoms with Gasteiger partial charge in [-0.2, -0.15) is 0 Å². The molecular weight excluding hydrogens is 359 g/mol. The Bertz CT molecular complexity index is 996. The highest BCUT2D eigenvalue weighted by molar-refractivity contribution is 7.23. The Morgan fingerprint density at radius 2 is 1.75 bits per heavy atom. The average molecular weight is 373 g/mol. The van der Waals surface area contributed by atoms with E-state index in [1.165, 1.54) is 22.6 Å². The predicted molar refractivity (Wildman–Crippen MR) is 101 cm³/mol. The van der Waals surface area contributed by atoms with Crippen molar-refractivity contribution in [3.05, 3.63) is 57.5 Å². The summed E-state index contributed by atoms with van der Waals surface area (Å²) in [5.41, 5.74) is 3.96. The van der Waals surface area contributed by atoms with Crippen LogP contribution in [0.5, 0.6) is 0 Å².